The highest BCUT2D eigenvalue weighted by molar-refractivity contribution is 5.63. The van der Waals surface area contributed by atoms with Crippen molar-refractivity contribution in [2.45, 2.75) is 25.5 Å². The fraction of sp³-hybridized carbons (Fsp3) is 0.526. The predicted molar refractivity (Wildman–Crippen MR) is 98.8 cm³/mol. The van der Waals surface area contributed by atoms with Crippen LogP contribution in [0.3, 0.4) is 0 Å². The summed E-state index contributed by atoms with van der Waals surface area (Å²) < 4.78 is 11.4. The maximum Gasteiger partial charge on any atom is 0.119 e. The van der Waals surface area contributed by atoms with Crippen LogP contribution in [0.4, 0.5) is 0 Å². The summed E-state index contributed by atoms with van der Waals surface area (Å²) in [5.41, 5.74) is 3.32. The second-order valence-corrected chi connectivity index (χ2v) is 6.55. The minimum Gasteiger partial charge on any atom is -0.490 e. The Morgan fingerprint density at radius 3 is 2.76 bits per heavy atom. The van der Waals surface area contributed by atoms with Gasteiger partial charge in [0.15, 0.2) is 0 Å². The molecule has 3 rings (SSSR count). The molecule has 1 aromatic carbocycles. The summed E-state index contributed by atoms with van der Waals surface area (Å²) in [6.07, 6.45) is 4.17. The third kappa shape index (κ3) is 5.04. The zero-order valence-corrected chi connectivity index (χ0v) is 15.1. The molecule has 0 amide bonds. The van der Waals surface area contributed by atoms with Crippen molar-refractivity contribution in [1.82, 2.24) is 20.4 Å². The summed E-state index contributed by atoms with van der Waals surface area (Å²) in [4.78, 5) is 2.29. The van der Waals surface area contributed by atoms with Crippen LogP contribution in [0.15, 0.2) is 30.5 Å². The number of hydrogen-bond acceptors (Lipinski definition) is 5. The van der Waals surface area contributed by atoms with Gasteiger partial charge in [-0.2, -0.15) is 5.10 Å². The Labute approximate surface area is 149 Å². The van der Waals surface area contributed by atoms with Gasteiger partial charge >= 0.3 is 0 Å². The molecule has 1 aromatic heterocycles. The Hall–Kier alpha value is -1.89. The van der Waals surface area contributed by atoms with E-state index in [1.807, 2.05) is 25.4 Å². The molecular weight excluding hydrogens is 316 g/mol. The number of H-pyrrole nitrogens is 1. The number of nitrogens with one attached hydrogen (secondary N) is 2. The lowest BCUT2D eigenvalue weighted by atomic mass is 10.1. The van der Waals surface area contributed by atoms with Crippen LogP contribution in [-0.2, 0) is 11.3 Å². The molecule has 0 aliphatic carbocycles. The molecule has 0 unspecified atom stereocenters. The van der Waals surface area contributed by atoms with Gasteiger partial charge in [0.05, 0.1) is 18.9 Å². The monoisotopic (exact) mass is 344 g/mol. The molecule has 1 aliphatic heterocycles. The van der Waals surface area contributed by atoms with Gasteiger partial charge in [-0.25, -0.2) is 0 Å². The number of aromatic amines is 1. The molecule has 6 nitrogen and oxygen atoms in total. The highest BCUT2D eigenvalue weighted by Crippen LogP contribution is 2.25. The van der Waals surface area contributed by atoms with Crippen LogP contribution in [0.2, 0.25) is 0 Å². The van der Waals surface area contributed by atoms with Gasteiger partial charge in [-0.05, 0) is 38.4 Å². The fourth-order valence-electron chi connectivity index (χ4n) is 3.04. The van der Waals surface area contributed by atoms with Crippen molar-refractivity contribution in [3.8, 4) is 17.0 Å². The zero-order valence-electron chi connectivity index (χ0n) is 15.1. The van der Waals surface area contributed by atoms with Crippen LogP contribution in [0.1, 0.15) is 18.4 Å². The van der Waals surface area contributed by atoms with Gasteiger partial charge in [-0.1, -0.05) is 0 Å². The minimum absolute atomic E-state index is 0.265. The van der Waals surface area contributed by atoms with E-state index in [1.54, 1.807) is 0 Å². The number of likely N-dealkylation sites (N-methyl/N-ethyl adjacent to an activating group) is 2. The van der Waals surface area contributed by atoms with E-state index >= 15 is 0 Å². The van der Waals surface area contributed by atoms with Crippen molar-refractivity contribution >= 4 is 0 Å². The summed E-state index contributed by atoms with van der Waals surface area (Å²) in [5.74, 6) is 0.916. The molecule has 136 valence electrons. The van der Waals surface area contributed by atoms with Crippen molar-refractivity contribution in [1.29, 1.82) is 0 Å². The van der Waals surface area contributed by atoms with Gasteiger partial charge in [0.1, 0.15) is 11.9 Å². The van der Waals surface area contributed by atoms with Crippen LogP contribution in [0.5, 0.6) is 5.75 Å². The maximum absolute atomic E-state index is 6.04. The fourth-order valence-corrected chi connectivity index (χ4v) is 3.04. The number of aromatic nitrogens is 2. The minimum atomic E-state index is 0.265. The van der Waals surface area contributed by atoms with Crippen molar-refractivity contribution < 1.29 is 9.47 Å². The first-order valence-corrected chi connectivity index (χ1v) is 8.97. The molecule has 1 saturated heterocycles. The van der Waals surface area contributed by atoms with Crippen LogP contribution >= 0.6 is 0 Å². The molecule has 1 aliphatic rings. The Balaban J connectivity index is 1.63. The number of hydrogen-bond donors (Lipinski definition) is 2. The van der Waals surface area contributed by atoms with Crippen molar-refractivity contribution in [3.63, 3.8) is 0 Å². The Morgan fingerprint density at radius 1 is 1.28 bits per heavy atom. The lowest BCUT2D eigenvalue weighted by Crippen LogP contribution is -2.27. The topological polar surface area (TPSA) is 62.4 Å². The Kier molecular flexibility index (Phi) is 6.44. The highest BCUT2D eigenvalue weighted by Gasteiger charge is 2.16. The van der Waals surface area contributed by atoms with E-state index in [0.717, 1.165) is 62.7 Å². The Morgan fingerprint density at radius 2 is 2.04 bits per heavy atom. The summed E-state index contributed by atoms with van der Waals surface area (Å²) in [7, 11) is 4.10. The molecule has 0 saturated carbocycles. The molecule has 1 fully saturated rings. The third-order valence-corrected chi connectivity index (χ3v) is 4.50. The molecule has 0 radical (unpaired) electrons. The van der Waals surface area contributed by atoms with Crippen LogP contribution in [-0.4, -0.2) is 61.6 Å². The zero-order chi connectivity index (χ0) is 17.5. The molecule has 25 heavy (non-hydrogen) atoms. The van der Waals surface area contributed by atoms with E-state index in [1.165, 1.54) is 5.56 Å². The first kappa shape index (κ1) is 17.9. The Bertz CT molecular complexity index is 635. The molecular formula is C19H28N4O2. The molecule has 0 atom stereocenters. The lowest BCUT2D eigenvalue weighted by Gasteiger charge is -2.23. The maximum atomic E-state index is 6.04. The van der Waals surface area contributed by atoms with E-state index in [9.17, 15) is 0 Å². The molecule has 0 spiro atoms. The lowest BCUT2D eigenvalue weighted by molar-refractivity contribution is 0.0256. The number of ether oxygens (including phenoxy) is 2. The number of rotatable bonds is 8. The molecule has 6 heteroatoms. The number of nitrogens with zero attached hydrogens (tertiary/aromatic N) is 2. The molecule has 0 bridgehead atoms. The van der Waals surface area contributed by atoms with E-state index in [0.29, 0.717) is 0 Å². The third-order valence-electron chi connectivity index (χ3n) is 4.50. The summed E-state index contributed by atoms with van der Waals surface area (Å²) >= 11 is 0. The second-order valence-electron chi connectivity index (χ2n) is 6.55. The van der Waals surface area contributed by atoms with Gasteiger partial charge in [0.25, 0.3) is 0 Å². The van der Waals surface area contributed by atoms with Crippen molar-refractivity contribution in [2.24, 2.45) is 0 Å². The first-order valence-electron chi connectivity index (χ1n) is 8.97. The van der Waals surface area contributed by atoms with Gasteiger partial charge in [0, 0.05) is 49.8 Å². The summed E-state index contributed by atoms with van der Waals surface area (Å²) in [5, 5.41) is 10.6. The smallest absolute Gasteiger partial charge is 0.119 e. The molecule has 2 aromatic rings. The van der Waals surface area contributed by atoms with Crippen LogP contribution in [0.25, 0.3) is 11.3 Å². The second kappa shape index (κ2) is 8.99. The van der Waals surface area contributed by atoms with E-state index in [-0.39, 0.29) is 6.10 Å². The largest absolute Gasteiger partial charge is 0.490 e. The average Bonchev–Trinajstić information content (AvgIpc) is 3.09. The summed E-state index contributed by atoms with van der Waals surface area (Å²) in [6.45, 7) is 4.43. The van der Waals surface area contributed by atoms with Crippen LogP contribution < -0.4 is 10.1 Å². The highest BCUT2D eigenvalue weighted by atomic mass is 16.5. The van der Waals surface area contributed by atoms with Crippen molar-refractivity contribution in [2.75, 3.05) is 40.4 Å². The molecule has 2 N–H and O–H groups in total. The van der Waals surface area contributed by atoms with E-state index in [2.05, 4.69) is 39.6 Å². The SMILES string of the molecule is CNCCN(C)Cc1c[nH]nc1-c1ccc(OC2CCOCC2)cc1. The standard InChI is InChI=1S/C19H28N4O2/c1-20-9-10-23(2)14-16-13-21-22-19(16)15-3-5-17(6-4-15)25-18-7-11-24-12-8-18/h3-6,13,18,20H,7-12,14H2,1-2H3,(H,21,22). The van der Waals surface area contributed by atoms with Gasteiger partial charge in [-0.15, -0.1) is 0 Å². The first-order chi connectivity index (χ1) is 12.3. The van der Waals surface area contributed by atoms with E-state index in [4.69, 9.17) is 9.47 Å². The van der Waals surface area contributed by atoms with Gasteiger partial charge in [0.2, 0.25) is 0 Å². The van der Waals surface area contributed by atoms with E-state index < -0.39 is 0 Å². The van der Waals surface area contributed by atoms with Crippen LogP contribution in [0, 0.1) is 0 Å². The molecule has 2 heterocycles. The average molecular weight is 344 g/mol. The van der Waals surface area contributed by atoms with Crippen molar-refractivity contribution in [3.05, 3.63) is 36.0 Å². The number of benzene rings is 1. The predicted octanol–water partition coefficient (Wildman–Crippen LogP) is 2.29. The van der Waals surface area contributed by atoms with Gasteiger partial charge in [-0.3, -0.25) is 5.10 Å². The summed E-state index contributed by atoms with van der Waals surface area (Å²) in [6, 6.07) is 8.24. The normalized spacial score (nSPS) is 15.6. The quantitative estimate of drug-likeness (QED) is 0.769. The van der Waals surface area contributed by atoms with Gasteiger partial charge < -0.3 is 19.7 Å².